The minimum absolute atomic E-state index is 0.0240. The van der Waals surface area contributed by atoms with Gasteiger partial charge in [0.15, 0.2) is 5.82 Å². The molecule has 0 aliphatic carbocycles. The minimum atomic E-state index is -4.00. The fourth-order valence-corrected chi connectivity index (χ4v) is 8.36. The zero-order valence-electron chi connectivity index (χ0n) is 29.8. The molecule has 3 amide bonds. The van der Waals surface area contributed by atoms with E-state index >= 15 is 0 Å². The van der Waals surface area contributed by atoms with Gasteiger partial charge < -0.3 is 43.8 Å². The van der Waals surface area contributed by atoms with Gasteiger partial charge in [0.2, 0.25) is 5.91 Å². The van der Waals surface area contributed by atoms with Crippen LogP contribution in [0.3, 0.4) is 0 Å². The van der Waals surface area contributed by atoms with E-state index in [0.29, 0.717) is 42.8 Å². The maximum atomic E-state index is 14.8. The first-order valence-corrected chi connectivity index (χ1v) is 19.3. The van der Waals surface area contributed by atoms with E-state index in [9.17, 15) is 18.9 Å². The van der Waals surface area contributed by atoms with Gasteiger partial charge in [-0.3, -0.25) is 14.2 Å². The lowest BCUT2D eigenvalue weighted by atomic mass is 10.2. The molecule has 3 aromatic rings. The second-order valence-corrected chi connectivity index (χ2v) is 15.2. The van der Waals surface area contributed by atoms with Gasteiger partial charge in [-0.05, 0) is 18.9 Å². The number of nitrogens with one attached hydrogen (secondary N) is 2. The largest absolute Gasteiger partial charge is 0.495 e. The molecule has 6 rings (SSSR count). The third kappa shape index (κ3) is 8.49. The summed E-state index contributed by atoms with van der Waals surface area (Å²) in [5.74, 6) is -0.938. The molecule has 2 N–H and O–H groups in total. The molecular weight excluding hydrogens is 689 g/mol. The number of methoxy groups -OCH3 is 2. The van der Waals surface area contributed by atoms with Crippen LogP contribution in [-0.2, 0) is 30.0 Å². The summed E-state index contributed by atoms with van der Waals surface area (Å²) >= 11 is 0. The monoisotopic (exact) mass is 735 g/mol. The molecule has 2 aromatic carbocycles. The predicted octanol–water partition coefficient (Wildman–Crippen LogP) is 4.74. The molecule has 4 heterocycles. The number of aromatic nitrogens is 2. The van der Waals surface area contributed by atoms with E-state index in [1.165, 1.54) is 7.11 Å². The van der Waals surface area contributed by atoms with Crippen LogP contribution in [0.25, 0.3) is 11.4 Å². The second kappa shape index (κ2) is 16.7. The number of para-hydroxylation sites is 1. The van der Waals surface area contributed by atoms with Gasteiger partial charge in [-0.25, -0.2) is 14.8 Å². The predicted molar refractivity (Wildman–Crippen MR) is 194 cm³/mol. The van der Waals surface area contributed by atoms with Crippen molar-refractivity contribution in [2.75, 3.05) is 70.1 Å². The van der Waals surface area contributed by atoms with Crippen molar-refractivity contribution in [3.05, 3.63) is 65.9 Å². The maximum absolute atomic E-state index is 14.8. The van der Waals surface area contributed by atoms with E-state index in [1.54, 1.807) is 35.1 Å². The molecular formula is C36H46N7O8P. The average molecular weight is 736 g/mol. The first kappa shape index (κ1) is 37.1. The van der Waals surface area contributed by atoms with Crippen LogP contribution in [0.5, 0.6) is 5.75 Å². The van der Waals surface area contributed by atoms with Crippen LogP contribution in [0.15, 0.2) is 54.6 Å². The topological polar surface area (TPSA) is 165 Å². The van der Waals surface area contributed by atoms with Crippen LogP contribution in [0.2, 0.25) is 0 Å². The number of ether oxygens (including phenoxy) is 3. The third-order valence-electron chi connectivity index (χ3n) is 9.48. The zero-order valence-corrected chi connectivity index (χ0v) is 30.7. The highest BCUT2D eigenvalue weighted by Crippen LogP contribution is 2.57. The van der Waals surface area contributed by atoms with Crippen LogP contribution in [0, 0.1) is 0 Å². The maximum Gasteiger partial charge on any atom is 0.409 e. The normalized spacial score (nSPS) is 20.4. The molecule has 3 aliphatic heterocycles. The van der Waals surface area contributed by atoms with Crippen molar-refractivity contribution in [3.63, 3.8) is 0 Å². The number of amides is 3. The Bertz CT molecular complexity index is 1780. The number of unbranched alkanes of at least 4 members (excludes halogenated alkanes) is 1. The summed E-state index contributed by atoms with van der Waals surface area (Å²) in [4.78, 5) is 55.2. The fraction of sp³-hybridized carbons (Fsp3) is 0.472. The third-order valence-corrected chi connectivity index (χ3v) is 11.7. The van der Waals surface area contributed by atoms with Crippen molar-refractivity contribution in [1.82, 2.24) is 25.1 Å². The highest BCUT2D eigenvalue weighted by Gasteiger charge is 2.43. The zero-order chi connectivity index (χ0) is 36.7. The van der Waals surface area contributed by atoms with Gasteiger partial charge in [-0.15, -0.1) is 0 Å². The quantitative estimate of drug-likeness (QED) is 0.194. The number of nitrogens with zero attached hydrogens (tertiary/aromatic N) is 5. The smallest absolute Gasteiger partial charge is 0.409 e. The van der Waals surface area contributed by atoms with Crippen molar-refractivity contribution < 1.29 is 37.7 Å². The highest BCUT2D eigenvalue weighted by molar-refractivity contribution is 7.61. The molecule has 1 unspecified atom stereocenters. The molecule has 3 atom stereocenters. The Labute approximate surface area is 303 Å². The van der Waals surface area contributed by atoms with Crippen molar-refractivity contribution in [2.45, 2.75) is 51.1 Å². The summed E-state index contributed by atoms with van der Waals surface area (Å²) in [5, 5.41) is 5.87. The molecule has 16 heteroatoms. The molecule has 278 valence electrons. The number of anilines is 2. The number of carbonyl (C=O) groups is 3. The van der Waals surface area contributed by atoms with Crippen LogP contribution in [0.4, 0.5) is 16.3 Å². The molecule has 2 fully saturated rings. The number of carbonyl (C=O) groups excluding carboxylic acids is 3. The van der Waals surface area contributed by atoms with E-state index in [-0.39, 0.29) is 56.9 Å². The van der Waals surface area contributed by atoms with Gasteiger partial charge in [0, 0.05) is 63.6 Å². The standard InChI is InChI=1S/C36H46N7O8P/c1-4-5-20-50-36(46)42-18-16-41(17-19-42)32(44)22-31(52(47)40-33-26(24-51-52)12-9-13-29(33)49-3)39-35(45)28-21-30(43-15-14-27(23-43)48-2)38-34(37-28)25-10-7-6-8-11-25/h6-13,21,27,31H,4-5,14-20,22-24H2,1-3H3,(H,39,45)(H,40,47)/t27-,31+,52?/m0/s1. The van der Waals surface area contributed by atoms with Crippen molar-refractivity contribution >= 4 is 36.9 Å². The Balaban J connectivity index is 1.26. The number of piperazine rings is 1. The van der Waals surface area contributed by atoms with Crippen LogP contribution in [-0.4, -0.2) is 110 Å². The highest BCUT2D eigenvalue weighted by atomic mass is 31.2. The van der Waals surface area contributed by atoms with Gasteiger partial charge in [0.25, 0.3) is 5.91 Å². The average Bonchev–Trinajstić information content (AvgIpc) is 3.67. The summed E-state index contributed by atoms with van der Waals surface area (Å²) in [5.41, 5.74) is 1.95. The first-order valence-electron chi connectivity index (χ1n) is 17.6. The van der Waals surface area contributed by atoms with Crippen molar-refractivity contribution in [2.24, 2.45) is 0 Å². The second-order valence-electron chi connectivity index (χ2n) is 12.9. The van der Waals surface area contributed by atoms with Crippen molar-refractivity contribution in [1.29, 1.82) is 0 Å². The summed E-state index contributed by atoms with van der Waals surface area (Å²) in [6, 6.07) is 16.3. The van der Waals surface area contributed by atoms with Gasteiger partial charge >= 0.3 is 13.6 Å². The van der Waals surface area contributed by atoms with Crippen LogP contribution in [0.1, 0.15) is 48.7 Å². The Morgan fingerprint density at radius 1 is 1.02 bits per heavy atom. The fourth-order valence-electron chi connectivity index (χ4n) is 6.38. The van der Waals surface area contributed by atoms with E-state index in [1.807, 2.05) is 48.2 Å². The molecule has 3 aliphatic rings. The number of hydrogen-bond acceptors (Lipinski definition) is 11. The van der Waals surface area contributed by atoms with Gasteiger partial charge in [0.05, 0.1) is 38.5 Å². The molecule has 0 bridgehead atoms. The minimum Gasteiger partial charge on any atom is -0.495 e. The molecule has 0 spiro atoms. The number of rotatable bonds is 12. The number of fused-ring (bicyclic) bond motifs is 1. The Hall–Kier alpha value is -4.72. The Kier molecular flexibility index (Phi) is 11.9. The summed E-state index contributed by atoms with van der Waals surface area (Å²) in [6.07, 6.45) is 1.77. The molecule has 15 nitrogen and oxygen atoms in total. The molecule has 52 heavy (non-hydrogen) atoms. The van der Waals surface area contributed by atoms with Gasteiger partial charge in [0.1, 0.15) is 23.0 Å². The van der Waals surface area contributed by atoms with E-state index in [2.05, 4.69) is 15.4 Å². The summed E-state index contributed by atoms with van der Waals surface area (Å²) < 4.78 is 37.2. The van der Waals surface area contributed by atoms with E-state index in [0.717, 1.165) is 30.4 Å². The van der Waals surface area contributed by atoms with Gasteiger partial charge in [-0.1, -0.05) is 55.8 Å². The van der Waals surface area contributed by atoms with E-state index < -0.39 is 25.3 Å². The Morgan fingerprint density at radius 2 is 1.79 bits per heavy atom. The number of hydrogen-bond donors (Lipinski definition) is 2. The molecule has 0 radical (unpaired) electrons. The first-order chi connectivity index (χ1) is 25.2. The lowest BCUT2D eigenvalue weighted by Gasteiger charge is -2.37. The summed E-state index contributed by atoms with van der Waals surface area (Å²) in [7, 11) is -0.822. The SMILES string of the molecule is CCCCOC(=O)N1CCN(C(=O)C[C@H](NC(=O)c2cc(N3CC[C@H](OC)C3)nc(-c3ccccc3)n2)P2(=O)Nc3c(cccc3OC)CO2)CC1. The molecule has 0 saturated carbocycles. The summed E-state index contributed by atoms with van der Waals surface area (Å²) in [6.45, 7) is 4.70. The van der Waals surface area contributed by atoms with Gasteiger partial charge in [-0.2, -0.15) is 0 Å². The lowest BCUT2D eigenvalue weighted by Crippen LogP contribution is -2.52. The Morgan fingerprint density at radius 3 is 2.50 bits per heavy atom. The van der Waals surface area contributed by atoms with E-state index in [4.69, 9.17) is 23.7 Å². The van der Waals surface area contributed by atoms with Crippen LogP contribution >= 0.6 is 7.52 Å². The van der Waals surface area contributed by atoms with Crippen molar-refractivity contribution in [3.8, 4) is 17.1 Å². The lowest BCUT2D eigenvalue weighted by molar-refractivity contribution is -0.132. The molecule has 1 aromatic heterocycles. The number of benzene rings is 2. The molecule has 2 saturated heterocycles. The van der Waals surface area contributed by atoms with Crippen LogP contribution < -0.4 is 20.0 Å².